The Labute approximate surface area is 162 Å². The number of hydrogen-bond acceptors (Lipinski definition) is 3. The summed E-state index contributed by atoms with van der Waals surface area (Å²) in [5.41, 5.74) is 1.38. The fraction of sp³-hybridized carbons (Fsp3) is 0.263. The number of aryl methyl sites for hydroxylation is 1. The molecule has 2 rings (SSSR count). The van der Waals surface area contributed by atoms with Crippen LogP contribution in [0.5, 0.6) is 5.75 Å². The SMILES string of the molecule is CCc1ccccc1OCC(=O)NCCNC(=O)c1ccc(Cl)cc1Cl. The Morgan fingerprint density at radius 2 is 1.77 bits per heavy atom. The maximum absolute atomic E-state index is 12.0. The first-order valence-electron chi connectivity index (χ1n) is 8.22. The van der Waals surface area contributed by atoms with E-state index < -0.39 is 0 Å². The van der Waals surface area contributed by atoms with Crippen LogP contribution in [0.2, 0.25) is 10.0 Å². The van der Waals surface area contributed by atoms with Crippen LogP contribution in [0.3, 0.4) is 0 Å². The molecule has 0 spiro atoms. The Bertz CT molecular complexity index is 781. The second kappa shape index (κ2) is 10.0. The van der Waals surface area contributed by atoms with Gasteiger partial charge in [0.2, 0.25) is 0 Å². The van der Waals surface area contributed by atoms with Crippen LogP contribution in [-0.4, -0.2) is 31.5 Å². The van der Waals surface area contributed by atoms with Crippen molar-refractivity contribution < 1.29 is 14.3 Å². The van der Waals surface area contributed by atoms with Crippen molar-refractivity contribution in [3.05, 3.63) is 63.6 Å². The zero-order valence-corrected chi connectivity index (χ0v) is 15.9. The summed E-state index contributed by atoms with van der Waals surface area (Å²) in [6.07, 6.45) is 0.830. The van der Waals surface area contributed by atoms with E-state index in [9.17, 15) is 9.59 Å². The number of ether oxygens (including phenoxy) is 1. The molecule has 2 N–H and O–H groups in total. The molecule has 0 aliphatic carbocycles. The molecule has 0 unspecified atom stereocenters. The number of halogens is 2. The van der Waals surface area contributed by atoms with Gasteiger partial charge in [0.05, 0.1) is 10.6 Å². The summed E-state index contributed by atoms with van der Waals surface area (Å²) in [5.74, 6) is 0.125. The number of nitrogens with one attached hydrogen (secondary N) is 2. The number of amides is 2. The lowest BCUT2D eigenvalue weighted by molar-refractivity contribution is -0.123. The van der Waals surface area contributed by atoms with Crippen molar-refractivity contribution in [1.29, 1.82) is 0 Å². The Morgan fingerprint density at radius 3 is 2.50 bits per heavy atom. The van der Waals surface area contributed by atoms with Gasteiger partial charge in [0.1, 0.15) is 5.75 Å². The van der Waals surface area contributed by atoms with E-state index in [2.05, 4.69) is 10.6 Å². The number of carbonyl (C=O) groups is 2. The minimum absolute atomic E-state index is 0.0754. The smallest absolute Gasteiger partial charge is 0.258 e. The van der Waals surface area contributed by atoms with Crippen LogP contribution in [0.15, 0.2) is 42.5 Å². The monoisotopic (exact) mass is 394 g/mol. The molecule has 0 radical (unpaired) electrons. The van der Waals surface area contributed by atoms with Gasteiger partial charge in [-0.15, -0.1) is 0 Å². The minimum Gasteiger partial charge on any atom is -0.483 e. The minimum atomic E-state index is -0.325. The van der Waals surface area contributed by atoms with Gasteiger partial charge < -0.3 is 15.4 Å². The van der Waals surface area contributed by atoms with Crippen molar-refractivity contribution in [2.45, 2.75) is 13.3 Å². The molecule has 0 atom stereocenters. The van der Waals surface area contributed by atoms with Crippen molar-refractivity contribution >= 4 is 35.0 Å². The lowest BCUT2D eigenvalue weighted by Crippen LogP contribution is -2.36. The van der Waals surface area contributed by atoms with E-state index in [1.54, 1.807) is 12.1 Å². The lowest BCUT2D eigenvalue weighted by Gasteiger charge is -2.11. The van der Waals surface area contributed by atoms with Crippen LogP contribution in [0.4, 0.5) is 0 Å². The summed E-state index contributed by atoms with van der Waals surface area (Å²) in [7, 11) is 0. The fourth-order valence-electron chi connectivity index (χ4n) is 2.28. The van der Waals surface area contributed by atoms with Gasteiger partial charge in [-0.2, -0.15) is 0 Å². The molecule has 0 saturated heterocycles. The first kappa shape index (κ1) is 20.1. The first-order valence-corrected chi connectivity index (χ1v) is 8.97. The van der Waals surface area contributed by atoms with Crippen molar-refractivity contribution in [1.82, 2.24) is 10.6 Å². The molecular formula is C19H20Cl2N2O3. The normalized spacial score (nSPS) is 10.3. The van der Waals surface area contributed by atoms with E-state index in [4.69, 9.17) is 27.9 Å². The molecule has 0 aliphatic heterocycles. The second-order valence-electron chi connectivity index (χ2n) is 5.48. The van der Waals surface area contributed by atoms with Crippen molar-refractivity contribution in [2.75, 3.05) is 19.7 Å². The predicted octanol–water partition coefficient (Wildman–Crippen LogP) is 3.48. The molecule has 5 nitrogen and oxygen atoms in total. The van der Waals surface area contributed by atoms with Gasteiger partial charge in [-0.3, -0.25) is 9.59 Å². The lowest BCUT2D eigenvalue weighted by atomic mass is 10.1. The van der Waals surface area contributed by atoms with E-state index in [0.717, 1.165) is 12.0 Å². The van der Waals surface area contributed by atoms with Crippen LogP contribution in [0.1, 0.15) is 22.8 Å². The number of hydrogen-bond donors (Lipinski definition) is 2. The molecule has 0 heterocycles. The average Bonchev–Trinajstić information content (AvgIpc) is 2.63. The number of benzene rings is 2. The zero-order chi connectivity index (χ0) is 18.9. The van der Waals surface area contributed by atoms with Crippen LogP contribution in [0.25, 0.3) is 0 Å². The Hall–Kier alpha value is -2.24. The highest BCUT2D eigenvalue weighted by Gasteiger charge is 2.10. The fourth-order valence-corrected chi connectivity index (χ4v) is 2.77. The molecule has 2 aromatic rings. The summed E-state index contributed by atoms with van der Waals surface area (Å²) >= 11 is 11.8. The molecule has 26 heavy (non-hydrogen) atoms. The third-order valence-electron chi connectivity index (χ3n) is 3.62. The topological polar surface area (TPSA) is 67.4 Å². The number of para-hydroxylation sites is 1. The highest BCUT2D eigenvalue weighted by Crippen LogP contribution is 2.20. The zero-order valence-electron chi connectivity index (χ0n) is 14.4. The maximum Gasteiger partial charge on any atom is 0.258 e. The molecule has 138 valence electrons. The van der Waals surface area contributed by atoms with E-state index in [0.29, 0.717) is 16.3 Å². The summed E-state index contributed by atoms with van der Waals surface area (Å²) < 4.78 is 5.53. The standard InChI is InChI=1S/C19H20Cl2N2O3/c1-2-13-5-3-4-6-17(13)26-12-18(24)22-9-10-23-19(25)15-8-7-14(20)11-16(15)21/h3-8,11H,2,9-10,12H2,1H3,(H,22,24)(H,23,25). The molecule has 0 saturated carbocycles. The number of rotatable bonds is 8. The van der Waals surface area contributed by atoms with E-state index in [-0.39, 0.29) is 36.5 Å². The van der Waals surface area contributed by atoms with Crippen LogP contribution in [0, 0.1) is 0 Å². The summed E-state index contributed by atoms with van der Waals surface area (Å²) in [6.45, 7) is 2.51. The van der Waals surface area contributed by atoms with Crippen molar-refractivity contribution in [3.63, 3.8) is 0 Å². The highest BCUT2D eigenvalue weighted by atomic mass is 35.5. The largest absolute Gasteiger partial charge is 0.483 e. The van der Waals surface area contributed by atoms with Crippen molar-refractivity contribution in [2.24, 2.45) is 0 Å². The van der Waals surface area contributed by atoms with Gasteiger partial charge in [0.25, 0.3) is 11.8 Å². The van der Waals surface area contributed by atoms with Crippen LogP contribution in [-0.2, 0) is 11.2 Å². The second-order valence-corrected chi connectivity index (χ2v) is 6.32. The van der Waals surface area contributed by atoms with E-state index in [1.807, 2.05) is 31.2 Å². The van der Waals surface area contributed by atoms with Gasteiger partial charge in [0, 0.05) is 18.1 Å². The number of carbonyl (C=O) groups excluding carboxylic acids is 2. The maximum atomic E-state index is 12.0. The molecule has 2 aromatic carbocycles. The van der Waals surface area contributed by atoms with E-state index >= 15 is 0 Å². The van der Waals surface area contributed by atoms with Crippen molar-refractivity contribution in [3.8, 4) is 5.75 Å². The molecule has 0 aromatic heterocycles. The highest BCUT2D eigenvalue weighted by molar-refractivity contribution is 6.36. The molecular weight excluding hydrogens is 375 g/mol. The third-order valence-corrected chi connectivity index (χ3v) is 4.17. The van der Waals surface area contributed by atoms with Crippen LogP contribution >= 0.6 is 23.2 Å². The molecule has 2 amide bonds. The molecule has 0 aliphatic rings. The van der Waals surface area contributed by atoms with Gasteiger partial charge in [-0.1, -0.05) is 48.3 Å². The summed E-state index contributed by atoms with van der Waals surface area (Å²) in [5, 5.41) is 6.11. The Balaban J connectivity index is 1.70. The summed E-state index contributed by atoms with van der Waals surface area (Å²) in [6, 6.07) is 12.2. The Morgan fingerprint density at radius 1 is 1.04 bits per heavy atom. The molecule has 0 bridgehead atoms. The average molecular weight is 395 g/mol. The quantitative estimate of drug-likeness (QED) is 0.673. The first-order chi connectivity index (χ1) is 12.5. The van der Waals surface area contributed by atoms with Gasteiger partial charge in [-0.25, -0.2) is 0 Å². The van der Waals surface area contributed by atoms with E-state index in [1.165, 1.54) is 6.07 Å². The van der Waals surface area contributed by atoms with Gasteiger partial charge in [-0.05, 0) is 36.2 Å². The predicted molar refractivity (Wildman–Crippen MR) is 103 cm³/mol. The van der Waals surface area contributed by atoms with Gasteiger partial charge in [0.15, 0.2) is 6.61 Å². The molecule has 7 heteroatoms. The Kier molecular flexibility index (Phi) is 7.75. The third kappa shape index (κ3) is 5.93. The van der Waals surface area contributed by atoms with Crippen LogP contribution < -0.4 is 15.4 Å². The van der Waals surface area contributed by atoms with Gasteiger partial charge >= 0.3 is 0 Å². The molecule has 0 fully saturated rings. The summed E-state index contributed by atoms with van der Waals surface area (Å²) in [4.78, 5) is 23.9.